The number of nitrogens with one attached hydrogen (secondary N) is 1. The van der Waals surface area contributed by atoms with Crippen LogP contribution in [0.2, 0.25) is 0 Å². The van der Waals surface area contributed by atoms with Crippen LogP contribution in [-0.4, -0.2) is 26.6 Å². The first-order valence-electron chi connectivity index (χ1n) is 5.51. The third kappa shape index (κ3) is 2.17. The van der Waals surface area contributed by atoms with Gasteiger partial charge in [0.15, 0.2) is 0 Å². The molecule has 4 nitrogen and oxygen atoms in total. The van der Waals surface area contributed by atoms with Crippen LogP contribution in [0.15, 0.2) is 30.6 Å². The van der Waals surface area contributed by atoms with Crippen molar-refractivity contribution in [2.24, 2.45) is 0 Å². The predicted molar refractivity (Wildman–Crippen MR) is 64.6 cm³/mol. The van der Waals surface area contributed by atoms with Gasteiger partial charge in [-0.2, -0.15) is 0 Å². The number of rotatable bonds is 4. The Morgan fingerprint density at radius 2 is 2.31 bits per heavy atom. The third-order valence-electron chi connectivity index (χ3n) is 2.84. The zero-order valence-corrected chi connectivity index (χ0v) is 9.64. The van der Waals surface area contributed by atoms with Gasteiger partial charge in [-0.15, -0.1) is 0 Å². The van der Waals surface area contributed by atoms with Crippen molar-refractivity contribution in [1.29, 1.82) is 0 Å². The normalized spacial score (nSPS) is 14.9. The molecule has 1 atom stereocenters. The highest BCUT2D eigenvalue weighted by atomic mass is 16.3. The average molecular weight is 219 g/mol. The second kappa shape index (κ2) is 4.14. The summed E-state index contributed by atoms with van der Waals surface area (Å²) in [6.07, 6.45) is 4.39. The summed E-state index contributed by atoms with van der Waals surface area (Å²) in [6.45, 7) is 4.33. The second-order valence-electron chi connectivity index (χ2n) is 4.27. The van der Waals surface area contributed by atoms with E-state index in [0.717, 1.165) is 17.9 Å². The Hall–Kier alpha value is -1.55. The van der Waals surface area contributed by atoms with E-state index in [-0.39, 0.29) is 0 Å². The Labute approximate surface area is 94.9 Å². The molecule has 0 radical (unpaired) electrons. The summed E-state index contributed by atoms with van der Waals surface area (Å²) < 4.78 is 1.96. The van der Waals surface area contributed by atoms with E-state index in [4.69, 9.17) is 0 Å². The summed E-state index contributed by atoms with van der Waals surface area (Å²) in [6, 6.07) is 5.87. The average Bonchev–Trinajstić information content (AvgIpc) is 2.75. The van der Waals surface area contributed by atoms with Gasteiger partial charge in [0.25, 0.3) is 0 Å². The van der Waals surface area contributed by atoms with Crippen molar-refractivity contribution in [3.63, 3.8) is 0 Å². The molecule has 0 aliphatic carbocycles. The zero-order valence-electron chi connectivity index (χ0n) is 9.64. The number of aromatic nitrogens is 2. The first kappa shape index (κ1) is 11.0. The van der Waals surface area contributed by atoms with Gasteiger partial charge in [-0.3, -0.25) is 4.40 Å². The molecular weight excluding hydrogens is 202 g/mol. The van der Waals surface area contributed by atoms with E-state index >= 15 is 0 Å². The predicted octanol–water partition coefficient (Wildman–Crippen LogP) is 1.91. The summed E-state index contributed by atoms with van der Waals surface area (Å²) in [5.74, 6) is 0.948. The van der Waals surface area contributed by atoms with E-state index < -0.39 is 5.60 Å². The van der Waals surface area contributed by atoms with E-state index in [1.54, 1.807) is 6.20 Å². The number of aliphatic hydroxyl groups is 1. The Bertz CT molecular complexity index is 476. The molecule has 0 saturated heterocycles. The maximum Gasteiger partial charge on any atom is 0.138 e. The molecule has 1 unspecified atom stereocenters. The van der Waals surface area contributed by atoms with Gasteiger partial charge in [-0.05, 0) is 25.5 Å². The maximum atomic E-state index is 9.92. The van der Waals surface area contributed by atoms with Gasteiger partial charge in [-0.25, -0.2) is 4.98 Å². The van der Waals surface area contributed by atoms with E-state index in [9.17, 15) is 5.11 Å². The molecule has 0 fully saturated rings. The molecule has 2 rings (SSSR count). The fraction of sp³-hybridized carbons (Fsp3) is 0.417. The summed E-state index contributed by atoms with van der Waals surface area (Å²) in [5, 5.41) is 13.2. The Morgan fingerprint density at radius 3 is 3.06 bits per heavy atom. The fourth-order valence-corrected chi connectivity index (χ4v) is 1.50. The van der Waals surface area contributed by atoms with E-state index in [1.807, 2.05) is 42.6 Å². The zero-order chi connectivity index (χ0) is 11.6. The molecule has 0 aliphatic rings. The molecule has 0 aliphatic heterocycles. The van der Waals surface area contributed by atoms with Crippen LogP contribution >= 0.6 is 0 Å². The van der Waals surface area contributed by atoms with Crippen molar-refractivity contribution in [2.75, 3.05) is 11.9 Å². The number of fused-ring (bicyclic) bond motifs is 1. The molecule has 2 N–H and O–H groups in total. The van der Waals surface area contributed by atoms with Gasteiger partial charge in [0.2, 0.25) is 0 Å². The molecule has 86 valence electrons. The van der Waals surface area contributed by atoms with E-state index in [0.29, 0.717) is 6.54 Å². The maximum absolute atomic E-state index is 9.92. The van der Waals surface area contributed by atoms with Crippen LogP contribution in [0.1, 0.15) is 20.3 Å². The van der Waals surface area contributed by atoms with Gasteiger partial charge in [0.1, 0.15) is 11.5 Å². The van der Waals surface area contributed by atoms with Crippen molar-refractivity contribution in [1.82, 2.24) is 9.38 Å². The van der Waals surface area contributed by atoms with E-state index in [1.165, 1.54) is 0 Å². The molecule has 0 aromatic carbocycles. The minimum Gasteiger partial charge on any atom is -0.388 e. The Kier molecular flexibility index (Phi) is 2.83. The van der Waals surface area contributed by atoms with Gasteiger partial charge in [-0.1, -0.05) is 13.0 Å². The molecule has 0 amide bonds. The van der Waals surface area contributed by atoms with Crippen LogP contribution in [0.25, 0.3) is 5.65 Å². The number of nitrogens with zero attached hydrogens (tertiary/aromatic N) is 2. The van der Waals surface area contributed by atoms with Crippen molar-refractivity contribution in [3.05, 3.63) is 30.6 Å². The summed E-state index contributed by atoms with van der Waals surface area (Å²) >= 11 is 0. The number of hydrogen-bond donors (Lipinski definition) is 2. The molecule has 2 aromatic heterocycles. The van der Waals surface area contributed by atoms with Crippen molar-refractivity contribution in [2.45, 2.75) is 25.9 Å². The molecule has 2 heterocycles. The third-order valence-corrected chi connectivity index (χ3v) is 2.84. The number of anilines is 1. The molecule has 4 heteroatoms. The summed E-state index contributed by atoms with van der Waals surface area (Å²) in [5.41, 5.74) is 0.226. The highest BCUT2D eigenvalue weighted by Gasteiger charge is 2.17. The van der Waals surface area contributed by atoms with Crippen LogP contribution < -0.4 is 5.32 Å². The largest absolute Gasteiger partial charge is 0.388 e. The number of hydrogen-bond acceptors (Lipinski definition) is 3. The molecular formula is C12H17N3O. The first-order chi connectivity index (χ1) is 7.62. The van der Waals surface area contributed by atoms with Gasteiger partial charge in [0, 0.05) is 18.9 Å². The minimum atomic E-state index is -0.678. The molecule has 0 saturated carbocycles. The second-order valence-corrected chi connectivity index (χ2v) is 4.27. The molecule has 16 heavy (non-hydrogen) atoms. The lowest BCUT2D eigenvalue weighted by molar-refractivity contribution is 0.0696. The van der Waals surface area contributed by atoms with Crippen molar-refractivity contribution in [3.8, 4) is 0 Å². The van der Waals surface area contributed by atoms with Crippen LogP contribution in [0.5, 0.6) is 0 Å². The molecule has 0 spiro atoms. The van der Waals surface area contributed by atoms with Crippen molar-refractivity contribution < 1.29 is 5.11 Å². The standard InChI is InChI=1S/C12H17N3O/c1-3-12(2,16)9-14-11-6-4-5-10-13-7-8-15(10)11/h4-8,14,16H,3,9H2,1-2H3. The van der Waals surface area contributed by atoms with Crippen LogP contribution in [0.3, 0.4) is 0 Å². The smallest absolute Gasteiger partial charge is 0.138 e. The lowest BCUT2D eigenvalue weighted by atomic mass is 10.0. The topological polar surface area (TPSA) is 49.6 Å². The monoisotopic (exact) mass is 219 g/mol. The fourth-order valence-electron chi connectivity index (χ4n) is 1.50. The highest BCUT2D eigenvalue weighted by molar-refractivity contribution is 5.49. The highest BCUT2D eigenvalue weighted by Crippen LogP contribution is 2.14. The lowest BCUT2D eigenvalue weighted by Gasteiger charge is -2.22. The lowest BCUT2D eigenvalue weighted by Crippen LogP contribution is -2.32. The molecule has 2 aromatic rings. The van der Waals surface area contributed by atoms with E-state index in [2.05, 4.69) is 10.3 Å². The quantitative estimate of drug-likeness (QED) is 0.825. The van der Waals surface area contributed by atoms with Crippen molar-refractivity contribution >= 4 is 11.5 Å². The van der Waals surface area contributed by atoms with Crippen LogP contribution in [0.4, 0.5) is 5.82 Å². The summed E-state index contributed by atoms with van der Waals surface area (Å²) in [4.78, 5) is 4.20. The van der Waals surface area contributed by atoms with Crippen LogP contribution in [-0.2, 0) is 0 Å². The van der Waals surface area contributed by atoms with Crippen LogP contribution in [0, 0.1) is 0 Å². The Balaban J connectivity index is 2.18. The SMILES string of the molecule is CCC(C)(O)CNc1cccc2nccn12. The van der Waals surface area contributed by atoms with Gasteiger partial charge < -0.3 is 10.4 Å². The molecule has 0 bridgehead atoms. The number of pyridine rings is 1. The Morgan fingerprint density at radius 1 is 1.50 bits per heavy atom. The summed E-state index contributed by atoms with van der Waals surface area (Å²) in [7, 11) is 0. The minimum absolute atomic E-state index is 0.529. The first-order valence-corrected chi connectivity index (χ1v) is 5.51. The van der Waals surface area contributed by atoms with Gasteiger partial charge in [0.05, 0.1) is 5.60 Å². The number of imidazole rings is 1. The van der Waals surface area contributed by atoms with Gasteiger partial charge >= 0.3 is 0 Å².